The standard InChI is InChI=1S/C25H23N3O6S2/c1-32-18-7-10-20(11-8-18)36(30,31)28-17-6-4-5-16(13-17)24(29)27-25-26-22(15-35-25)21-12-9-19(33-2)14-23(21)34-3/h4-15,28H,1-3H3,(H,26,27,29). The molecule has 4 aromatic rings. The van der Waals surface area contributed by atoms with Crippen LogP contribution in [0.5, 0.6) is 17.2 Å². The van der Waals surface area contributed by atoms with Crippen molar-refractivity contribution in [3.63, 3.8) is 0 Å². The molecule has 3 aromatic carbocycles. The molecule has 1 heterocycles. The molecular weight excluding hydrogens is 502 g/mol. The van der Waals surface area contributed by atoms with Crippen molar-refractivity contribution >= 4 is 38.1 Å². The first-order valence-corrected chi connectivity index (χ1v) is 13.0. The number of carbonyl (C=O) groups is 1. The summed E-state index contributed by atoms with van der Waals surface area (Å²) in [5.41, 5.74) is 1.91. The van der Waals surface area contributed by atoms with E-state index in [1.165, 1.54) is 36.6 Å². The van der Waals surface area contributed by atoms with Gasteiger partial charge in [-0.05, 0) is 54.6 Å². The van der Waals surface area contributed by atoms with E-state index in [0.29, 0.717) is 28.1 Å². The maximum atomic E-state index is 12.8. The van der Waals surface area contributed by atoms with Gasteiger partial charge in [0.1, 0.15) is 17.2 Å². The third kappa shape index (κ3) is 5.58. The van der Waals surface area contributed by atoms with Crippen LogP contribution in [0.25, 0.3) is 11.3 Å². The summed E-state index contributed by atoms with van der Waals surface area (Å²) >= 11 is 1.26. The number of amides is 1. The Morgan fingerprint density at radius 2 is 1.61 bits per heavy atom. The molecule has 0 saturated carbocycles. The number of carbonyl (C=O) groups excluding carboxylic acids is 1. The highest BCUT2D eigenvalue weighted by Gasteiger charge is 2.17. The van der Waals surface area contributed by atoms with Crippen LogP contribution in [0, 0.1) is 0 Å². The largest absolute Gasteiger partial charge is 0.497 e. The molecule has 4 rings (SSSR count). The van der Waals surface area contributed by atoms with Crippen LogP contribution in [0.4, 0.5) is 10.8 Å². The third-order valence-corrected chi connectivity index (χ3v) is 7.31. The van der Waals surface area contributed by atoms with Crippen molar-refractivity contribution in [3.8, 4) is 28.5 Å². The van der Waals surface area contributed by atoms with Crippen molar-refractivity contribution in [2.75, 3.05) is 31.4 Å². The van der Waals surface area contributed by atoms with Gasteiger partial charge in [-0.1, -0.05) is 6.07 Å². The van der Waals surface area contributed by atoms with Gasteiger partial charge < -0.3 is 14.2 Å². The van der Waals surface area contributed by atoms with E-state index in [-0.39, 0.29) is 16.1 Å². The van der Waals surface area contributed by atoms with Crippen molar-refractivity contribution in [1.82, 2.24) is 4.98 Å². The Kier molecular flexibility index (Phi) is 7.41. The number of sulfonamides is 1. The molecule has 1 aromatic heterocycles. The second-order valence-corrected chi connectivity index (χ2v) is 9.96. The Labute approximate surface area is 212 Å². The number of anilines is 2. The summed E-state index contributed by atoms with van der Waals surface area (Å²) in [6.07, 6.45) is 0. The second kappa shape index (κ2) is 10.7. The van der Waals surface area contributed by atoms with Crippen LogP contribution in [0.1, 0.15) is 10.4 Å². The van der Waals surface area contributed by atoms with E-state index in [9.17, 15) is 13.2 Å². The highest BCUT2D eigenvalue weighted by Crippen LogP contribution is 2.35. The number of hydrogen-bond acceptors (Lipinski definition) is 8. The zero-order valence-electron chi connectivity index (χ0n) is 19.6. The molecule has 1 amide bonds. The molecule has 0 bridgehead atoms. The van der Waals surface area contributed by atoms with Crippen molar-refractivity contribution in [2.45, 2.75) is 4.90 Å². The van der Waals surface area contributed by atoms with E-state index in [1.807, 2.05) is 6.07 Å². The van der Waals surface area contributed by atoms with Gasteiger partial charge in [0.2, 0.25) is 0 Å². The molecule has 0 aliphatic carbocycles. The maximum absolute atomic E-state index is 12.8. The lowest BCUT2D eigenvalue weighted by atomic mass is 10.1. The Bertz CT molecular complexity index is 1480. The van der Waals surface area contributed by atoms with E-state index >= 15 is 0 Å². The molecule has 11 heteroatoms. The average Bonchev–Trinajstić information content (AvgIpc) is 3.36. The Hall–Kier alpha value is -4.09. The van der Waals surface area contributed by atoms with Gasteiger partial charge in [0, 0.05) is 28.3 Å². The van der Waals surface area contributed by atoms with Crippen LogP contribution in [0.15, 0.2) is 77.0 Å². The van der Waals surface area contributed by atoms with Crippen molar-refractivity contribution in [3.05, 3.63) is 77.7 Å². The normalized spacial score (nSPS) is 11.0. The van der Waals surface area contributed by atoms with E-state index < -0.39 is 15.9 Å². The molecular formula is C25H23N3O6S2. The molecule has 0 atom stereocenters. The number of nitrogens with zero attached hydrogens (tertiary/aromatic N) is 1. The molecule has 36 heavy (non-hydrogen) atoms. The molecule has 0 aliphatic rings. The van der Waals surface area contributed by atoms with Crippen molar-refractivity contribution in [1.29, 1.82) is 0 Å². The van der Waals surface area contributed by atoms with Gasteiger partial charge in [0.25, 0.3) is 15.9 Å². The average molecular weight is 526 g/mol. The second-order valence-electron chi connectivity index (χ2n) is 7.42. The lowest BCUT2D eigenvalue weighted by Crippen LogP contribution is -2.15. The van der Waals surface area contributed by atoms with Crippen LogP contribution in [-0.4, -0.2) is 40.6 Å². The summed E-state index contributed by atoms with van der Waals surface area (Å²) in [7, 11) is 0.786. The fraction of sp³-hybridized carbons (Fsp3) is 0.120. The van der Waals surface area contributed by atoms with Crippen LogP contribution >= 0.6 is 11.3 Å². The molecule has 2 N–H and O–H groups in total. The molecule has 0 radical (unpaired) electrons. The summed E-state index contributed by atoms with van der Waals surface area (Å²) in [5.74, 6) is 1.36. The van der Waals surface area contributed by atoms with Gasteiger partial charge in [0.15, 0.2) is 5.13 Å². The van der Waals surface area contributed by atoms with Gasteiger partial charge in [-0.25, -0.2) is 13.4 Å². The number of nitrogens with one attached hydrogen (secondary N) is 2. The van der Waals surface area contributed by atoms with Crippen molar-refractivity contribution < 1.29 is 27.4 Å². The third-order valence-electron chi connectivity index (χ3n) is 5.16. The molecule has 186 valence electrons. The zero-order valence-corrected chi connectivity index (χ0v) is 21.3. The lowest BCUT2D eigenvalue weighted by Gasteiger charge is -2.10. The predicted octanol–water partition coefficient (Wildman–Crippen LogP) is 4.89. The minimum atomic E-state index is -3.85. The molecule has 0 aliphatic heterocycles. The number of hydrogen-bond donors (Lipinski definition) is 2. The molecule has 0 unspecified atom stereocenters. The Balaban J connectivity index is 1.48. The summed E-state index contributed by atoms with van der Waals surface area (Å²) in [5, 5.41) is 4.95. The van der Waals surface area contributed by atoms with Gasteiger partial charge >= 0.3 is 0 Å². The highest BCUT2D eigenvalue weighted by atomic mass is 32.2. The van der Waals surface area contributed by atoms with E-state index in [4.69, 9.17) is 14.2 Å². The lowest BCUT2D eigenvalue weighted by molar-refractivity contribution is 0.102. The fourth-order valence-corrected chi connectivity index (χ4v) is 5.08. The van der Waals surface area contributed by atoms with Gasteiger partial charge in [-0.2, -0.15) is 0 Å². The van der Waals surface area contributed by atoms with Gasteiger partial charge in [-0.3, -0.25) is 14.8 Å². The SMILES string of the molecule is COc1ccc(S(=O)(=O)Nc2cccc(C(=O)Nc3nc(-c4ccc(OC)cc4OC)cs3)c2)cc1. The molecule has 0 spiro atoms. The number of benzene rings is 3. The number of ether oxygens (including phenoxy) is 3. The van der Waals surface area contributed by atoms with Crippen LogP contribution < -0.4 is 24.2 Å². The number of rotatable bonds is 9. The number of aromatic nitrogens is 1. The van der Waals surface area contributed by atoms with Crippen LogP contribution in [-0.2, 0) is 10.0 Å². The maximum Gasteiger partial charge on any atom is 0.261 e. The van der Waals surface area contributed by atoms with E-state index in [2.05, 4.69) is 15.0 Å². The predicted molar refractivity (Wildman–Crippen MR) is 139 cm³/mol. The van der Waals surface area contributed by atoms with E-state index in [1.54, 1.807) is 62.1 Å². The van der Waals surface area contributed by atoms with Crippen LogP contribution in [0.2, 0.25) is 0 Å². The Morgan fingerprint density at radius 1 is 0.889 bits per heavy atom. The number of methoxy groups -OCH3 is 3. The highest BCUT2D eigenvalue weighted by molar-refractivity contribution is 7.92. The van der Waals surface area contributed by atoms with Crippen molar-refractivity contribution in [2.24, 2.45) is 0 Å². The topological polar surface area (TPSA) is 116 Å². The minimum absolute atomic E-state index is 0.0717. The molecule has 0 saturated heterocycles. The molecule has 0 fully saturated rings. The first-order valence-electron chi connectivity index (χ1n) is 10.6. The summed E-state index contributed by atoms with van der Waals surface area (Å²) < 4.78 is 43.7. The monoisotopic (exact) mass is 525 g/mol. The Morgan fingerprint density at radius 3 is 2.31 bits per heavy atom. The summed E-state index contributed by atoms with van der Waals surface area (Å²) in [6.45, 7) is 0. The fourth-order valence-electron chi connectivity index (χ4n) is 3.33. The molecule has 9 nitrogen and oxygen atoms in total. The van der Waals surface area contributed by atoms with Gasteiger partial charge in [0.05, 0.1) is 31.9 Å². The van der Waals surface area contributed by atoms with E-state index in [0.717, 1.165) is 5.56 Å². The van der Waals surface area contributed by atoms with Gasteiger partial charge in [-0.15, -0.1) is 11.3 Å². The zero-order chi connectivity index (χ0) is 25.7. The minimum Gasteiger partial charge on any atom is -0.497 e. The smallest absolute Gasteiger partial charge is 0.261 e. The number of thiazole rings is 1. The first kappa shape index (κ1) is 25.0. The summed E-state index contributed by atoms with van der Waals surface area (Å²) in [6, 6.07) is 17.6. The van der Waals surface area contributed by atoms with Crippen LogP contribution in [0.3, 0.4) is 0 Å². The summed E-state index contributed by atoms with van der Waals surface area (Å²) in [4.78, 5) is 17.4. The quantitative estimate of drug-likeness (QED) is 0.320. The first-order chi connectivity index (χ1) is 17.3.